The van der Waals surface area contributed by atoms with Gasteiger partial charge in [0.25, 0.3) is 5.56 Å². The molecule has 0 saturated heterocycles. The van der Waals surface area contributed by atoms with E-state index in [4.69, 9.17) is 28.8 Å². The van der Waals surface area contributed by atoms with Crippen molar-refractivity contribution in [1.82, 2.24) is 23.9 Å². The number of fused-ring (bicyclic) bond motifs is 1. The Morgan fingerprint density at radius 2 is 1.65 bits per heavy atom. The SMILES string of the molecule is CCCCCCc1nc(C)c2c(=O)[nH]c(-c3cc(S(=O)(=O)N(CCCOC)Cc4cc(OC)c(OC)c(OC)c4)ccc3OCC)nn12. The van der Waals surface area contributed by atoms with Crippen molar-refractivity contribution in [2.75, 3.05) is 48.2 Å². The summed E-state index contributed by atoms with van der Waals surface area (Å²) in [7, 11) is 1.99. The fraction of sp³-hybridized carbons (Fsp3) is 0.500. The van der Waals surface area contributed by atoms with Crippen LogP contribution in [0.25, 0.3) is 16.9 Å². The number of hydrogen-bond acceptors (Lipinski definition) is 10. The Hall–Kier alpha value is -4.14. The van der Waals surface area contributed by atoms with Crippen LogP contribution < -0.4 is 24.5 Å². The minimum absolute atomic E-state index is 0.00941. The summed E-state index contributed by atoms with van der Waals surface area (Å²) in [6.07, 6.45) is 5.30. The molecule has 0 radical (unpaired) electrons. The molecule has 262 valence electrons. The second-order valence-electron chi connectivity index (χ2n) is 11.3. The van der Waals surface area contributed by atoms with Gasteiger partial charge in [0.2, 0.25) is 15.8 Å². The van der Waals surface area contributed by atoms with E-state index >= 15 is 0 Å². The maximum absolute atomic E-state index is 14.4. The monoisotopic (exact) mass is 685 g/mol. The van der Waals surface area contributed by atoms with Crippen LogP contribution in [0.1, 0.15) is 63.0 Å². The highest BCUT2D eigenvalue weighted by Crippen LogP contribution is 2.39. The molecule has 4 aromatic rings. The smallest absolute Gasteiger partial charge is 0.277 e. The lowest BCUT2D eigenvalue weighted by Gasteiger charge is -2.24. The highest BCUT2D eigenvalue weighted by Gasteiger charge is 2.28. The number of nitrogens with one attached hydrogen (secondary N) is 1. The molecule has 0 bridgehead atoms. The first-order valence-corrected chi connectivity index (χ1v) is 17.6. The van der Waals surface area contributed by atoms with Crippen molar-refractivity contribution in [3.05, 3.63) is 57.8 Å². The Kier molecular flexibility index (Phi) is 12.8. The highest BCUT2D eigenvalue weighted by molar-refractivity contribution is 7.89. The fourth-order valence-electron chi connectivity index (χ4n) is 5.61. The fourth-order valence-corrected chi connectivity index (χ4v) is 7.11. The lowest BCUT2D eigenvalue weighted by molar-refractivity contribution is 0.186. The summed E-state index contributed by atoms with van der Waals surface area (Å²) in [5.41, 5.74) is 1.55. The van der Waals surface area contributed by atoms with Crippen molar-refractivity contribution < 1.29 is 32.1 Å². The van der Waals surface area contributed by atoms with Crippen molar-refractivity contribution in [2.24, 2.45) is 0 Å². The molecule has 2 aromatic carbocycles. The lowest BCUT2D eigenvalue weighted by atomic mass is 10.1. The van der Waals surface area contributed by atoms with E-state index in [1.807, 2.05) is 6.92 Å². The Labute approximate surface area is 282 Å². The van der Waals surface area contributed by atoms with Gasteiger partial charge in [0, 0.05) is 33.2 Å². The molecule has 0 fully saturated rings. The molecular formula is C34H47N5O8S. The molecule has 0 spiro atoms. The first-order valence-electron chi connectivity index (χ1n) is 16.2. The van der Waals surface area contributed by atoms with E-state index in [1.165, 1.54) is 37.8 Å². The average Bonchev–Trinajstić information content (AvgIpc) is 3.40. The van der Waals surface area contributed by atoms with Crippen molar-refractivity contribution in [1.29, 1.82) is 0 Å². The largest absolute Gasteiger partial charge is 0.493 e. The zero-order valence-electron chi connectivity index (χ0n) is 28.9. The zero-order valence-corrected chi connectivity index (χ0v) is 29.7. The maximum Gasteiger partial charge on any atom is 0.277 e. The third-order valence-corrected chi connectivity index (χ3v) is 9.82. The standard InChI is InChI=1S/C34H47N5O8S/c1-8-10-11-12-14-30-35-23(3)31-34(40)36-33(37-39(30)31)26-21-25(15-16-27(26)47-9-2)48(41,42)38(17-13-18-43-4)22-24-19-28(44-5)32(46-7)29(20-24)45-6/h15-16,19-21H,8-14,17-18,22H2,1-7H3,(H,36,37,40). The number of sulfonamides is 1. The Morgan fingerprint density at radius 1 is 0.917 bits per heavy atom. The predicted molar refractivity (Wildman–Crippen MR) is 183 cm³/mol. The lowest BCUT2D eigenvalue weighted by Crippen LogP contribution is -2.32. The first-order chi connectivity index (χ1) is 23.1. The molecule has 0 amide bonds. The van der Waals surface area contributed by atoms with Gasteiger partial charge in [-0.25, -0.2) is 17.9 Å². The van der Waals surface area contributed by atoms with Gasteiger partial charge in [-0.15, -0.1) is 5.10 Å². The molecule has 13 nitrogen and oxygen atoms in total. The number of imidazole rings is 1. The van der Waals surface area contributed by atoms with Crippen molar-refractivity contribution >= 4 is 15.5 Å². The van der Waals surface area contributed by atoms with E-state index in [1.54, 1.807) is 36.7 Å². The number of hydrogen-bond donors (Lipinski definition) is 1. The average molecular weight is 686 g/mol. The van der Waals surface area contributed by atoms with Gasteiger partial charge in [-0.3, -0.25) is 4.79 Å². The van der Waals surface area contributed by atoms with E-state index in [0.29, 0.717) is 77.2 Å². The molecule has 2 heterocycles. The molecule has 1 N–H and O–H groups in total. The number of benzene rings is 2. The second kappa shape index (κ2) is 16.8. The predicted octanol–water partition coefficient (Wildman–Crippen LogP) is 5.17. The topological polar surface area (TPSA) is 147 Å². The molecule has 48 heavy (non-hydrogen) atoms. The van der Waals surface area contributed by atoms with Gasteiger partial charge >= 0.3 is 0 Å². The summed E-state index contributed by atoms with van der Waals surface area (Å²) in [6, 6.07) is 8.03. The number of aromatic amines is 1. The van der Waals surface area contributed by atoms with Crippen molar-refractivity contribution in [3.63, 3.8) is 0 Å². The molecule has 0 unspecified atom stereocenters. The zero-order chi connectivity index (χ0) is 34.8. The molecule has 4 rings (SSSR count). The summed E-state index contributed by atoms with van der Waals surface area (Å²) >= 11 is 0. The third kappa shape index (κ3) is 8.10. The molecular weight excluding hydrogens is 638 g/mol. The van der Waals surface area contributed by atoms with Gasteiger partial charge < -0.3 is 28.7 Å². The molecule has 0 aliphatic heterocycles. The number of ether oxygens (including phenoxy) is 5. The van der Waals surface area contributed by atoms with Gasteiger partial charge in [-0.05, 0) is 62.6 Å². The number of H-pyrrole nitrogens is 1. The van der Waals surface area contributed by atoms with Crippen LogP contribution in [0.15, 0.2) is 40.0 Å². The molecule has 2 aromatic heterocycles. The summed E-state index contributed by atoms with van der Waals surface area (Å²) < 4.78 is 59.3. The number of aromatic nitrogens is 4. The first kappa shape index (κ1) is 36.7. The van der Waals surface area contributed by atoms with E-state index in [9.17, 15) is 13.2 Å². The van der Waals surface area contributed by atoms with Crippen LogP contribution in [-0.4, -0.2) is 80.5 Å². The van der Waals surface area contributed by atoms with Crippen LogP contribution >= 0.6 is 0 Å². The number of aryl methyl sites for hydroxylation is 2. The number of methoxy groups -OCH3 is 4. The van der Waals surface area contributed by atoms with E-state index in [2.05, 4.69) is 16.9 Å². The van der Waals surface area contributed by atoms with E-state index < -0.39 is 10.0 Å². The molecule has 0 atom stereocenters. The molecule has 14 heteroatoms. The molecule has 0 aliphatic carbocycles. The van der Waals surface area contributed by atoms with Gasteiger partial charge in [0.1, 0.15) is 11.6 Å². The number of nitrogens with zero attached hydrogens (tertiary/aromatic N) is 4. The second-order valence-corrected chi connectivity index (χ2v) is 13.2. The van der Waals surface area contributed by atoms with Crippen LogP contribution in [0, 0.1) is 6.92 Å². The van der Waals surface area contributed by atoms with Crippen LogP contribution in [0.2, 0.25) is 0 Å². The highest BCUT2D eigenvalue weighted by atomic mass is 32.2. The van der Waals surface area contributed by atoms with Crippen LogP contribution in [0.3, 0.4) is 0 Å². The molecule has 0 saturated carbocycles. The molecule has 0 aliphatic rings. The Balaban J connectivity index is 1.81. The normalized spacial score (nSPS) is 11.8. The van der Waals surface area contributed by atoms with Gasteiger partial charge in [0.05, 0.1) is 44.1 Å². The van der Waals surface area contributed by atoms with Gasteiger partial charge in [-0.1, -0.05) is 26.2 Å². The maximum atomic E-state index is 14.4. The van der Waals surface area contributed by atoms with E-state index in [-0.39, 0.29) is 29.4 Å². The van der Waals surface area contributed by atoms with Gasteiger partial charge in [-0.2, -0.15) is 4.31 Å². The quantitative estimate of drug-likeness (QED) is 0.131. The van der Waals surface area contributed by atoms with E-state index in [0.717, 1.165) is 25.7 Å². The van der Waals surface area contributed by atoms with Crippen LogP contribution in [-0.2, 0) is 27.7 Å². The van der Waals surface area contributed by atoms with Crippen molar-refractivity contribution in [2.45, 2.75) is 70.7 Å². The summed E-state index contributed by atoms with van der Waals surface area (Å²) in [5, 5.41) is 4.77. The summed E-state index contributed by atoms with van der Waals surface area (Å²) in [4.78, 5) is 20.9. The third-order valence-electron chi connectivity index (χ3n) is 7.98. The summed E-state index contributed by atoms with van der Waals surface area (Å²) in [6.45, 7) is 6.64. The van der Waals surface area contributed by atoms with Crippen molar-refractivity contribution in [3.8, 4) is 34.4 Å². The minimum atomic E-state index is -4.10. The number of unbranched alkanes of at least 4 members (excludes halogenated alkanes) is 3. The number of rotatable bonds is 19. The van der Waals surface area contributed by atoms with Crippen LogP contribution in [0.4, 0.5) is 0 Å². The minimum Gasteiger partial charge on any atom is -0.493 e. The Morgan fingerprint density at radius 3 is 2.27 bits per heavy atom. The van der Waals surface area contributed by atoms with Gasteiger partial charge in [0.15, 0.2) is 22.8 Å². The van der Waals surface area contributed by atoms with Crippen LogP contribution in [0.5, 0.6) is 23.0 Å². The Bertz CT molecular complexity index is 1830. The summed E-state index contributed by atoms with van der Waals surface area (Å²) in [5.74, 6) is 2.47.